The number of nitrogens with zero attached hydrogens (tertiary/aromatic N) is 1. The van der Waals surface area contributed by atoms with Gasteiger partial charge in [0, 0.05) is 50.5 Å². The summed E-state index contributed by atoms with van der Waals surface area (Å²) in [5.41, 5.74) is 13.2. The minimum absolute atomic E-state index is 0.00510. The van der Waals surface area contributed by atoms with Gasteiger partial charge in [0.1, 0.15) is 6.10 Å². The number of alkyl halides is 6. The van der Waals surface area contributed by atoms with Gasteiger partial charge in [-0.1, -0.05) is 11.3 Å². The molecule has 1 unspecified atom stereocenters. The van der Waals surface area contributed by atoms with E-state index in [1.807, 2.05) is 0 Å². The van der Waals surface area contributed by atoms with Crippen molar-refractivity contribution in [3.8, 4) is 5.75 Å². The van der Waals surface area contributed by atoms with Crippen molar-refractivity contribution in [1.82, 2.24) is 20.9 Å². The van der Waals surface area contributed by atoms with Gasteiger partial charge < -0.3 is 64.5 Å². The summed E-state index contributed by atoms with van der Waals surface area (Å²) in [7, 11) is 0. The second kappa shape index (κ2) is 24.5. The van der Waals surface area contributed by atoms with E-state index in [0.717, 1.165) is 41.3 Å². The van der Waals surface area contributed by atoms with Gasteiger partial charge in [0.15, 0.2) is 22.8 Å². The fraction of sp³-hybridized carbons (Fsp3) is 0.390. The molecule has 0 aliphatic carbocycles. The molecular formula is C41H51F6N15O5S2. The van der Waals surface area contributed by atoms with Crippen LogP contribution in [0.15, 0.2) is 47.4 Å². The van der Waals surface area contributed by atoms with E-state index in [4.69, 9.17) is 32.8 Å². The van der Waals surface area contributed by atoms with Crippen LogP contribution >= 0.6 is 23.1 Å². The van der Waals surface area contributed by atoms with Crippen molar-refractivity contribution < 1.29 is 50.3 Å². The predicted molar refractivity (Wildman–Crippen MR) is 254 cm³/mol. The lowest BCUT2D eigenvalue weighted by Crippen LogP contribution is -2.31. The number of carbonyl (C=O) groups is 4. The molecule has 0 radical (unpaired) electrons. The number of anilines is 6. The standard InChI is InChI=1S/C41H51F6N15O5S2/c42-40(43,44)21-15-26(57-31(63)5-1-3-11-54-35(49)50)33(67-24-9-13-53-20-24)27(16-21)59-37(65)56-23-7-8-25-30(19-23)69-39(61-25)62-38(66)60-29-18-22(41(45,46)47)17-28(34(29)68-14-10-48)58-32(64)6-2-4-12-55-36(51)52/h7-8,15-19,24,53H,1-6,9-14,20,48H2,(H,57,63)(H,58,64)(H4,49,50,54)(H4,51,52,55)(H2,56,59,65)(H2,60,61,62,66). The van der Waals surface area contributed by atoms with E-state index in [9.17, 15) is 45.5 Å². The maximum atomic E-state index is 14.2. The topological polar surface area (TPSA) is 324 Å². The van der Waals surface area contributed by atoms with E-state index in [2.05, 4.69) is 52.8 Å². The number of urea groups is 2. The number of guanidine groups is 2. The van der Waals surface area contributed by atoms with Crippen molar-refractivity contribution in [3.63, 3.8) is 0 Å². The molecule has 5 rings (SSSR count). The Balaban J connectivity index is 1.32. The van der Waals surface area contributed by atoms with Crippen molar-refractivity contribution in [2.75, 3.05) is 70.4 Å². The number of ether oxygens (including phenoxy) is 1. The SMILES string of the molecule is N=C(N)NCCCCC(=O)Nc1cc(C(F)(F)F)cc(NC(=O)Nc2ccc3nc(NC(=O)Nc4cc(C(F)(F)F)cc(NC(=O)CCCCNC(=N)N)c4SCCN)sc3c2)c1OC1CCNC1. The number of hydrogen-bond donors (Lipinski definition) is 14. The molecule has 1 atom stereocenters. The molecule has 0 bridgehead atoms. The van der Waals surface area contributed by atoms with Crippen LogP contribution in [0.4, 0.5) is 69.5 Å². The van der Waals surface area contributed by atoms with Crippen molar-refractivity contribution in [3.05, 3.63) is 53.6 Å². The fourth-order valence-electron chi connectivity index (χ4n) is 6.58. The molecule has 4 aromatic rings. The molecule has 374 valence electrons. The number of hydrogen-bond acceptors (Lipinski definition) is 12. The van der Waals surface area contributed by atoms with Gasteiger partial charge in [-0.2, -0.15) is 26.3 Å². The Bertz CT molecular complexity index is 2500. The lowest BCUT2D eigenvalue weighted by atomic mass is 10.1. The van der Waals surface area contributed by atoms with Crippen LogP contribution in [-0.2, 0) is 21.9 Å². The maximum Gasteiger partial charge on any atom is 0.416 e. The van der Waals surface area contributed by atoms with Gasteiger partial charge in [0.05, 0.1) is 49.0 Å². The lowest BCUT2D eigenvalue weighted by molar-refractivity contribution is -0.138. The third-order valence-electron chi connectivity index (χ3n) is 9.70. The first kappa shape index (κ1) is 53.2. The molecule has 69 heavy (non-hydrogen) atoms. The number of aromatic nitrogens is 1. The third kappa shape index (κ3) is 16.7. The quantitative estimate of drug-likeness (QED) is 0.0138. The number of thiazole rings is 1. The van der Waals surface area contributed by atoms with E-state index < -0.39 is 53.5 Å². The van der Waals surface area contributed by atoms with E-state index in [1.165, 1.54) is 18.2 Å². The zero-order chi connectivity index (χ0) is 50.3. The normalized spacial score (nSPS) is 13.6. The number of nitrogens with one attached hydrogen (secondary N) is 11. The summed E-state index contributed by atoms with van der Waals surface area (Å²) in [5.74, 6) is -1.69. The molecule has 28 heteroatoms. The van der Waals surface area contributed by atoms with Gasteiger partial charge >= 0.3 is 24.4 Å². The van der Waals surface area contributed by atoms with Gasteiger partial charge in [-0.15, -0.1) is 11.8 Å². The van der Waals surface area contributed by atoms with Crippen molar-refractivity contribution in [1.29, 1.82) is 10.8 Å². The molecule has 1 aliphatic heterocycles. The first-order valence-corrected chi connectivity index (χ1v) is 23.0. The molecule has 0 saturated carbocycles. The van der Waals surface area contributed by atoms with Gasteiger partial charge in [-0.25, -0.2) is 14.6 Å². The summed E-state index contributed by atoms with van der Waals surface area (Å²) in [6, 6.07) is 5.29. The largest absolute Gasteiger partial charge is 0.485 e. The Labute approximate surface area is 398 Å². The maximum absolute atomic E-state index is 14.2. The van der Waals surface area contributed by atoms with Gasteiger partial charge in [-0.05, 0) is 81.1 Å². The second-order valence-electron chi connectivity index (χ2n) is 15.2. The van der Waals surface area contributed by atoms with E-state index in [0.29, 0.717) is 74.6 Å². The molecule has 2 heterocycles. The number of fused-ring (bicyclic) bond motifs is 1. The molecule has 1 saturated heterocycles. The smallest absolute Gasteiger partial charge is 0.416 e. The zero-order valence-electron chi connectivity index (χ0n) is 36.6. The number of rotatable bonds is 21. The summed E-state index contributed by atoms with van der Waals surface area (Å²) in [5, 5.41) is 37.6. The molecule has 1 aromatic heterocycles. The molecular weight excluding hydrogens is 961 g/mol. The van der Waals surface area contributed by atoms with E-state index in [1.54, 1.807) is 0 Å². The second-order valence-corrected chi connectivity index (χ2v) is 17.4. The molecule has 1 aliphatic rings. The zero-order valence-corrected chi connectivity index (χ0v) is 38.2. The highest BCUT2D eigenvalue weighted by Crippen LogP contribution is 2.43. The fourth-order valence-corrected chi connectivity index (χ4v) is 8.33. The van der Waals surface area contributed by atoms with Crippen molar-refractivity contribution >= 4 is 103 Å². The summed E-state index contributed by atoms with van der Waals surface area (Å²) in [4.78, 5) is 57.0. The monoisotopic (exact) mass is 1010 g/mol. The van der Waals surface area contributed by atoms with E-state index >= 15 is 0 Å². The van der Waals surface area contributed by atoms with E-state index in [-0.39, 0.29) is 81.3 Å². The first-order chi connectivity index (χ1) is 32.7. The minimum Gasteiger partial charge on any atom is -0.485 e. The van der Waals surface area contributed by atoms with Gasteiger partial charge in [-0.3, -0.25) is 25.7 Å². The number of amides is 6. The van der Waals surface area contributed by atoms with Crippen molar-refractivity contribution in [2.24, 2.45) is 17.2 Å². The molecule has 1 fully saturated rings. The summed E-state index contributed by atoms with van der Waals surface area (Å²) in [6.07, 6.45) is -8.38. The molecule has 0 spiro atoms. The Morgan fingerprint density at radius 2 is 1.29 bits per heavy atom. The number of thioether (sulfide) groups is 1. The van der Waals surface area contributed by atoms with Crippen LogP contribution < -0.4 is 69.8 Å². The van der Waals surface area contributed by atoms with Gasteiger partial charge in [0.25, 0.3) is 0 Å². The van der Waals surface area contributed by atoms with Crippen LogP contribution in [0.5, 0.6) is 5.75 Å². The Morgan fingerprint density at radius 1 is 0.754 bits per heavy atom. The average Bonchev–Trinajstić information content (AvgIpc) is 3.92. The molecule has 17 N–H and O–H groups in total. The molecule has 6 amide bonds. The highest BCUT2D eigenvalue weighted by Gasteiger charge is 2.35. The number of carbonyl (C=O) groups excluding carboxylic acids is 4. The third-order valence-corrected chi connectivity index (χ3v) is 11.8. The number of nitrogens with two attached hydrogens (primary N) is 3. The van der Waals surface area contributed by atoms with Crippen LogP contribution in [0.1, 0.15) is 56.1 Å². The summed E-state index contributed by atoms with van der Waals surface area (Å²) in [6.45, 7) is 1.65. The average molecular weight is 1010 g/mol. The lowest BCUT2D eigenvalue weighted by Gasteiger charge is -2.22. The Morgan fingerprint density at radius 3 is 1.84 bits per heavy atom. The summed E-state index contributed by atoms with van der Waals surface area (Å²) < 4.78 is 91.5. The highest BCUT2D eigenvalue weighted by molar-refractivity contribution is 7.99. The molecule has 20 nitrogen and oxygen atoms in total. The molecule has 3 aromatic carbocycles. The minimum atomic E-state index is -4.89. The van der Waals surface area contributed by atoms with Crippen LogP contribution in [-0.4, -0.2) is 85.4 Å². The Kier molecular flexibility index (Phi) is 18.9. The highest BCUT2D eigenvalue weighted by atomic mass is 32.2. The van der Waals surface area contributed by atoms with Crippen LogP contribution in [0.3, 0.4) is 0 Å². The number of benzene rings is 3. The Hall–Kier alpha value is -6.78. The van der Waals surface area contributed by atoms with Crippen molar-refractivity contribution in [2.45, 2.75) is 68.3 Å². The number of unbranched alkanes of at least 4 members (excludes halogenated alkanes) is 2. The first-order valence-electron chi connectivity index (χ1n) is 21.2. The van der Waals surface area contributed by atoms with Gasteiger partial charge in [0.2, 0.25) is 11.8 Å². The number of halogens is 6. The predicted octanol–water partition coefficient (Wildman–Crippen LogP) is 6.60. The van der Waals surface area contributed by atoms with Crippen LogP contribution in [0.25, 0.3) is 10.2 Å². The summed E-state index contributed by atoms with van der Waals surface area (Å²) >= 11 is 1.94. The van der Waals surface area contributed by atoms with Crippen LogP contribution in [0.2, 0.25) is 0 Å². The van der Waals surface area contributed by atoms with Crippen LogP contribution in [0, 0.1) is 10.8 Å².